The monoisotopic (exact) mass is 348 g/mol. The molecule has 0 saturated carbocycles. The largest absolute Gasteiger partial charge is 0.326 e. The van der Waals surface area contributed by atoms with Crippen LogP contribution < -0.4 is 10.5 Å². The number of sulfonamides is 1. The van der Waals surface area contributed by atoms with Gasteiger partial charge in [0.1, 0.15) is 4.90 Å². The molecule has 114 valence electrons. The zero-order valence-electron chi connectivity index (χ0n) is 11.0. The third-order valence-electron chi connectivity index (χ3n) is 2.80. The van der Waals surface area contributed by atoms with Gasteiger partial charge in [0.25, 0.3) is 0 Å². The Labute approximate surface area is 132 Å². The van der Waals surface area contributed by atoms with Crippen LogP contribution in [0.3, 0.4) is 0 Å². The van der Waals surface area contributed by atoms with Crippen LogP contribution in [0.4, 0.5) is 0 Å². The molecule has 6 nitrogen and oxygen atoms in total. The fourth-order valence-corrected chi connectivity index (χ4v) is 3.63. The van der Waals surface area contributed by atoms with E-state index >= 15 is 0 Å². The predicted molar refractivity (Wildman–Crippen MR) is 81.8 cm³/mol. The zero-order valence-corrected chi connectivity index (χ0v) is 13.3. The van der Waals surface area contributed by atoms with Crippen molar-refractivity contribution >= 4 is 33.2 Å². The average molecular weight is 349 g/mol. The average Bonchev–Trinajstić information content (AvgIpc) is 2.91. The van der Waals surface area contributed by atoms with Crippen LogP contribution in [0.25, 0.3) is 0 Å². The van der Waals surface area contributed by atoms with Gasteiger partial charge in [-0.3, -0.25) is 4.68 Å². The summed E-state index contributed by atoms with van der Waals surface area (Å²) in [6.45, 7) is 0.744. The van der Waals surface area contributed by atoms with Crippen molar-refractivity contribution in [3.05, 3.63) is 46.2 Å². The van der Waals surface area contributed by atoms with E-state index in [2.05, 4.69) is 9.82 Å². The Morgan fingerprint density at radius 1 is 1.29 bits per heavy atom. The SMILES string of the molecule is NCc1cc(S(=O)(=O)NCCn2cccn2)c(Cl)cc1Cl. The third kappa shape index (κ3) is 3.96. The minimum atomic E-state index is -3.73. The molecule has 0 unspecified atom stereocenters. The molecule has 0 saturated heterocycles. The Kier molecular flexibility index (Phi) is 5.23. The lowest BCUT2D eigenvalue weighted by atomic mass is 10.2. The molecule has 0 bridgehead atoms. The van der Waals surface area contributed by atoms with Crippen LogP contribution in [-0.4, -0.2) is 24.7 Å². The number of rotatable bonds is 6. The van der Waals surface area contributed by atoms with Gasteiger partial charge in [-0.05, 0) is 23.8 Å². The molecule has 0 aliphatic heterocycles. The van der Waals surface area contributed by atoms with E-state index in [1.54, 1.807) is 23.1 Å². The summed E-state index contributed by atoms with van der Waals surface area (Å²) >= 11 is 11.9. The van der Waals surface area contributed by atoms with Gasteiger partial charge in [-0.2, -0.15) is 5.10 Å². The zero-order chi connectivity index (χ0) is 15.5. The molecule has 0 radical (unpaired) electrons. The second-order valence-corrected chi connectivity index (χ2v) is 6.79. The lowest BCUT2D eigenvalue weighted by Crippen LogP contribution is -2.28. The molecule has 2 aromatic rings. The summed E-state index contributed by atoms with van der Waals surface area (Å²) in [5.74, 6) is 0. The highest BCUT2D eigenvalue weighted by atomic mass is 35.5. The van der Waals surface area contributed by atoms with Gasteiger partial charge in [-0.15, -0.1) is 0 Å². The number of benzene rings is 1. The summed E-state index contributed by atoms with van der Waals surface area (Å²) < 4.78 is 28.6. The van der Waals surface area contributed by atoms with Gasteiger partial charge >= 0.3 is 0 Å². The van der Waals surface area contributed by atoms with E-state index in [9.17, 15) is 8.42 Å². The van der Waals surface area contributed by atoms with Crippen molar-refractivity contribution in [2.45, 2.75) is 18.0 Å². The van der Waals surface area contributed by atoms with Crippen molar-refractivity contribution < 1.29 is 8.42 Å². The molecule has 0 spiro atoms. The quantitative estimate of drug-likeness (QED) is 0.829. The minimum Gasteiger partial charge on any atom is -0.326 e. The van der Waals surface area contributed by atoms with Crippen LogP contribution in [0.2, 0.25) is 10.0 Å². The van der Waals surface area contributed by atoms with Gasteiger partial charge in [0.15, 0.2) is 0 Å². The van der Waals surface area contributed by atoms with Crippen molar-refractivity contribution in [2.75, 3.05) is 6.54 Å². The Bertz CT molecular complexity index is 717. The lowest BCUT2D eigenvalue weighted by molar-refractivity contribution is 0.561. The highest BCUT2D eigenvalue weighted by Gasteiger charge is 2.19. The van der Waals surface area contributed by atoms with Crippen LogP contribution in [0.15, 0.2) is 35.5 Å². The van der Waals surface area contributed by atoms with Crippen molar-refractivity contribution in [3.63, 3.8) is 0 Å². The molecule has 1 aromatic heterocycles. The van der Waals surface area contributed by atoms with Crippen LogP contribution in [0.5, 0.6) is 0 Å². The van der Waals surface area contributed by atoms with Crippen LogP contribution in [0.1, 0.15) is 5.56 Å². The standard InChI is InChI=1S/C12H14Cl2N4O2S/c13-10-7-11(14)12(6-9(10)8-15)21(19,20)17-3-5-18-4-1-2-16-18/h1-2,4,6-7,17H,3,5,8,15H2. The Balaban J connectivity index is 2.15. The van der Waals surface area contributed by atoms with Crippen molar-refractivity contribution in [2.24, 2.45) is 5.73 Å². The van der Waals surface area contributed by atoms with Crippen molar-refractivity contribution in [1.29, 1.82) is 0 Å². The third-order valence-corrected chi connectivity index (χ3v) is 5.08. The second-order valence-electron chi connectivity index (χ2n) is 4.25. The number of hydrogen-bond donors (Lipinski definition) is 2. The topological polar surface area (TPSA) is 90.0 Å². The molecular weight excluding hydrogens is 335 g/mol. The Morgan fingerprint density at radius 2 is 2.05 bits per heavy atom. The van der Waals surface area contributed by atoms with E-state index in [-0.39, 0.29) is 23.0 Å². The number of nitrogens with zero attached hydrogens (tertiary/aromatic N) is 2. The van der Waals surface area contributed by atoms with E-state index < -0.39 is 10.0 Å². The number of aromatic nitrogens is 2. The Morgan fingerprint density at radius 3 is 2.67 bits per heavy atom. The maximum Gasteiger partial charge on any atom is 0.242 e. The van der Waals surface area contributed by atoms with E-state index in [0.29, 0.717) is 17.1 Å². The van der Waals surface area contributed by atoms with Gasteiger partial charge in [-0.1, -0.05) is 23.2 Å². The van der Waals surface area contributed by atoms with E-state index in [0.717, 1.165) is 0 Å². The molecule has 0 amide bonds. The first-order valence-electron chi connectivity index (χ1n) is 6.09. The molecule has 0 fully saturated rings. The van der Waals surface area contributed by atoms with Crippen LogP contribution >= 0.6 is 23.2 Å². The molecule has 3 N–H and O–H groups in total. The maximum atomic E-state index is 12.3. The number of nitrogens with two attached hydrogens (primary N) is 1. The molecule has 0 aliphatic carbocycles. The second kappa shape index (κ2) is 6.76. The van der Waals surface area contributed by atoms with Gasteiger partial charge in [-0.25, -0.2) is 13.1 Å². The molecular formula is C12H14Cl2N4O2S. The molecule has 0 aliphatic rings. The Hall–Kier alpha value is -1.12. The van der Waals surface area contributed by atoms with Crippen molar-refractivity contribution in [3.8, 4) is 0 Å². The highest BCUT2D eigenvalue weighted by molar-refractivity contribution is 7.89. The predicted octanol–water partition coefficient (Wildman–Crippen LogP) is 1.63. The molecule has 1 heterocycles. The molecule has 1 aromatic carbocycles. The number of hydrogen-bond acceptors (Lipinski definition) is 4. The molecule has 21 heavy (non-hydrogen) atoms. The van der Waals surface area contributed by atoms with Gasteiger partial charge in [0.05, 0.1) is 11.6 Å². The molecule has 0 atom stereocenters. The molecule has 9 heteroatoms. The fourth-order valence-electron chi connectivity index (χ4n) is 1.74. The van der Waals surface area contributed by atoms with Crippen LogP contribution in [0, 0.1) is 0 Å². The lowest BCUT2D eigenvalue weighted by Gasteiger charge is -2.11. The van der Waals surface area contributed by atoms with E-state index in [1.165, 1.54) is 12.1 Å². The van der Waals surface area contributed by atoms with Gasteiger partial charge < -0.3 is 5.73 Å². The summed E-state index contributed by atoms with van der Waals surface area (Å²) in [4.78, 5) is -0.0329. The first-order valence-corrected chi connectivity index (χ1v) is 8.33. The smallest absolute Gasteiger partial charge is 0.242 e. The minimum absolute atomic E-state index is 0.0329. The van der Waals surface area contributed by atoms with Crippen LogP contribution in [-0.2, 0) is 23.1 Å². The first-order chi connectivity index (χ1) is 9.94. The maximum absolute atomic E-state index is 12.3. The highest BCUT2D eigenvalue weighted by Crippen LogP contribution is 2.28. The number of nitrogens with one attached hydrogen (secondary N) is 1. The normalized spacial score (nSPS) is 11.8. The summed E-state index contributed by atoms with van der Waals surface area (Å²) in [6.07, 6.45) is 3.37. The summed E-state index contributed by atoms with van der Waals surface area (Å²) in [5.41, 5.74) is 6.04. The fraction of sp³-hybridized carbons (Fsp3) is 0.250. The van der Waals surface area contributed by atoms with E-state index in [4.69, 9.17) is 28.9 Å². The number of halogens is 2. The summed E-state index contributed by atoms with van der Waals surface area (Å²) in [7, 11) is -3.73. The summed E-state index contributed by atoms with van der Waals surface area (Å²) in [6, 6.07) is 4.53. The summed E-state index contributed by atoms with van der Waals surface area (Å²) in [5, 5.41) is 4.39. The van der Waals surface area contributed by atoms with Gasteiger partial charge in [0, 0.05) is 30.5 Å². The molecule has 2 rings (SSSR count). The van der Waals surface area contributed by atoms with Gasteiger partial charge in [0.2, 0.25) is 10.0 Å². The van der Waals surface area contributed by atoms with Crippen molar-refractivity contribution in [1.82, 2.24) is 14.5 Å². The van der Waals surface area contributed by atoms with E-state index in [1.807, 2.05) is 0 Å². The first kappa shape index (κ1) is 16.3.